The molecule has 4 heterocycles. The summed E-state index contributed by atoms with van der Waals surface area (Å²) in [7, 11) is 0. The fourth-order valence-corrected chi connectivity index (χ4v) is 4.97. The zero-order valence-electron chi connectivity index (χ0n) is 26.3. The van der Waals surface area contributed by atoms with Gasteiger partial charge in [0.2, 0.25) is 5.88 Å². The lowest BCUT2D eigenvalue weighted by molar-refractivity contribution is -0.177. The van der Waals surface area contributed by atoms with Crippen molar-refractivity contribution in [2.24, 2.45) is 5.92 Å². The number of halogens is 3. The van der Waals surface area contributed by atoms with Crippen LogP contribution in [0.5, 0.6) is 0 Å². The molecule has 1 saturated heterocycles. The van der Waals surface area contributed by atoms with Crippen molar-refractivity contribution in [2.75, 3.05) is 40.5 Å². The first-order valence-electron chi connectivity index (χ1n) is 14.5. The molecule has 0 radical (unpaired) electrons. The number of aldehydes is 1. The summed E-state index contributed by atoms with van der Waals surface area (Å²) in [5.41, 5.74) is -1.10. The minimum Gasteiger partial charge on any atom is -0.444 e. The van der Waals surface area contributed by atoms with E-state index in [1.807, 2.05) is 0 Å². The molecule has 0 spiro atoms. The van der Waals surface area contributed by atoms with Gasteiger partial charge in [0, 0.05) is 31.4 Å². The molecule has 2 aromatic heterocycles. The summed E-state index contributed by atoms with van der Waals surface area (Å²) in [5.74, 6) is -2.79. The number of aromatic nitrogens is 1. The van der Waals surface area contributed by atoms with Gasteiger partial charge in [-0.15, -0.1) is 0 Å². The molecular formula is C30H37F3N6O7. The fourth-order valence-electron chi connectivity index (χ4n) is 4.97. The summed E-state index contributed by atoms with van der Waals surface area (Å²) in [5, 5.41) is 10.6. The quantitative estimate of drug-likeness (QED) is 0.291. The predicted molar refractivity (Wildman–Crippen MR) is 163 cm³/mol. The van der Waals surface area contributed by atoms with Crippen LogP contribution in [0, 0.1) is 5.92 Å². The zero-order valence-corrected chi connectivity index (χ0v) is 26.3. The average molecular weight is 651 g/mol. The van der Waals surface area contributed by atoms with Crippen molar-refractivity contribution in [3.05, 3.63) is 35.4 Å². The molecule has 0 unspecified atom stereocenters. The monoisotopic (exact) mass is 650 g/mol. The Morgan fingerprint density at radius 3 is 2.35 bits per heavy atom. The lowest BCUT2D eigenvalue weighted by atomic mass is 9.93. The Bertz CT molecular complexity index is 1520. The molecule has 0 bridgehead atoms. The largest absolute Gasteiger partial charge is 0.444 e. The number of fused-ring (bicyclic) bond motifs is 1. The number of piperidine rings is 1. The number of alkyl halides is 3. The van der Waals surface area contributed by atoms with Gasteiger partial charge in [-0.1, -0.05) is 0 Å². The summed E-state index contributed by atoms with van der Waals surface area (Å²) in [6, 6.07) is 0.515. The van der Waals surface area contributed by atoms with E-state index in [9.17, 15) is 32.3 Å². The van der Waals surface area contributed by atoms with E-state index >= 15 is 0 Å². The van der Waals surface area contributed by atoms with Crippen LogP contribution in [0.1, 0.15) is 64.1 Å². The number of anilines is 4. The SMILES string of the molecule is CC(C)(C)OC(=O)Nc1oc2c(c1C(=O)Nc1cnccc1N1C[C@@H](NC(=O)OC(C)(C)C)C[C@@H](C(F)(F)F)C1)NCC(C=O)=C2. The molecule has 13 nitrogen and oxygen atoms in total. The first-order valence-corrected chi connectivity index (χ1v) is 14.5. The molecule has 2 aliphatic heterocycles. The third-order valence-corrected chi connectivity index (χ3v) is 6.74. The van der Waals surface area contributed by atoms with Crippen molar-refractivity contribution >= 4 is 53.4 Å². The van der Waals surface area contributed by atoms with Crippen LogP contribution in [0.3, 0.4) is 0 Å². The van der Waals surface area contributed by atoms with Crippen LogP contribution in [0.2, 0.25) is 0 Å². The van der Waals surface area contributed by atoms with E-state index in [4.69, 9.17) is 13.9 Å². The van der Waals surface area contributed by atoms with Gasteiger partial charge in [-0.25, -0.2) is 9.59 Å². The Morgan fingerprint density at radius 2 is 1.72 bits per heavy atom. The average Bonchev–Trinajstić information content (AvgIpc) is 3.27. The van der Waals surface area contributed by atoms with Crippen molar-refractivity contribution in [3.63, 3.8) is 0 Å². The smallest absolute Gasteiger partial charge is 0.414 e. The van der Waals surface area contributed by atoms with Gasteiger partial charge in [0.05, 0.1) is 35.2 Å². The number of furan rings is 1. The summed E-state index contributed by atoms with van der Waals surface area (Å²) >= 11 is 0. The van der Waals surface area contributed by atoms with Crippen LogP contribution in [0.4, 0.5) is 45.7 Å². The van der Waals surface area contributed by atoms with Crippen LogP contribution < -0.4 is 26.2 Å². The maximum atomic E-state index is 14.0. The van der Waals surface area contributed by atoms with Gasteiger partial charge >= 0.3 is 18.4 Å². The van der Waals surface area contributed by atoms with Gasteiger partial charge in [-0.3, -0.25) is 19.9 Å². The maximum absolute atomic E-state index is 14.0. The van der Waals surface area contributed by atoms with Gasteiger partial charge in [0.1, 0.15) is 23.1 Å². The minimum absolute atomic E-state index is 0.0217. The summed E-state index contributed by atoms with van der Waals surface area (Å²) in [4.78, 5) is 55.6. The molecule has 2 aliphatic rings. The molecule has 250 valence electrons. The number of alkyl carbamates (subject to hydrolysis) is 1. The number of amides is 3. The Kier molecular flexibility index (Phi) is 9.59. The van der Waals surface area contributed by atoms with E-state index in [0.717, 1.165) is 0 Å². The third-order valence-electron chi connectivity index (χ3n) is 6.74. The highest BCUT2D eigenvalue weighted by atomic mass is 19.4. The Balaban J connectivity index is 1.65. The second-order valence-corrected chi connectivity index (χ2v) is 12.9. The van der Waals surface area contributed by atoms with Crippen molar-refractivity contribution in [2.45, 2.75) is 71.4 Å². The van der Waals surface area contributed by atoms with Crippen molar-refractivity contribution in [1.29, 1.82) is 0 Å². The highest BCUT2D eigenvalue weighted by Gasteiger charge is 2.45. The highest BCUT2D eigenvalue weighted by Crippen LogP contribution is 2.39. The van der Waals surface area contributed by atoms with Crippen molar-refractivity contribution in [1.82, 2.24) is 10.3 Å². The number of nitrogens with zero attached hydrogens (tertiary/aromatic N) is 2. The lowest BCUT2D eigenvalue weighted by Gasteiger charge is -2.40. The van der Waals surface area contributed by atoms with Gasteiger partial charge in [0.25, 0.3) is 5.91 Å². The van der Waals surface area contributed by atoms with Crippen molar-refractivity contribution < 1.29 is 46.2 Å². The Hall–Kier alpha value is -4.76. The molecule has 0 aliphatic carbocycles. The van der Waals surface area contributed by atoms with E-state index < -0.39 is 54.0 Å². The number of pyridine rings is 1. The zero-order chi connectivity index (χ0) is 34.0. The third kappa shape index (κ3) is 8.69. The standard InChI is InChI=1S/C30H37F3N6O7/c1-28(2,3)45-26(42)36-18-10-17(30(31,32)33)13-39(14-18)20-7-8-34-12-19(20)37-24(41)22-23-21(9-16(15-40)11-35-23)44-25(22)38-27(43)46-29(4,5)6/h7-9,12,15,17-18,35H,10-11,13-14H2,1-6H3,(H,36,42)(H,37,41)(H,38,43)/t17-,18+/m1/s1. The molecule has 16 heteroatoms. The number of carbonyl (C=O) groups is 4. The summed E-state index contributed by atoms with van der Waals surface area (Å²) in [6.45, 7) is 9.47. The lowest BCUT2D eigenvalue weighted by Crippen LogP contribution is -2.54. The number of nitrogens with one attached hydrogen (secondary N) is 4. The molecular weight excluding hydrogens is 613 g/mol. The Morgan fingerprint density at radius 1 is 1.04 bits per heavy atom. The van der Waals surface area contributed by atoms with Crippen LogP contribution in [-0.4, -0.2) is 72.4 Å². The van der Waals surface area contributed by atoms with E-state index in [1.165, 1.54) is 29.4 Å². The highest BCUT2D eigenvalue weighted by molar-refractivity contribution is 6.15. The van der Waals surface area contributed by atoms with Crippen molar-refractivity contribution in [3.8, 4) is 0 Å². The first kappa shape index (κ1) is 34.1. The van der Waals surface area contributed by atoms with E-state index in [2.05, 4.69) is 26.3 Å². The molecule has 0 saturated carbocycles. The molecule has 46 heavy (non-hydrogen) atoms. The van der Waals surface area contributed by atoms with Gasteiger partial charge in [0.15, 0.2) is 5.76 Å². The minimum atomic E-state index is -4.57. The normalized spacial score (nSPS) is 18.4. The number of hydrogen-bond acceptors (Lipinski definition) is 10. The van der Waals surface area contributed by atoms with Crippen LogP contribution >= 0.6 is 0 Å². The second kappa shape index (κ2) is 12.9. The topological polar surface area (TPSA) is 164 Å². The molecule has 3 amide bonds. The van der Waals surface area contributed by atoms with Gasteiger partial charge in [-0.2, -0.15) is 13.2 Å². The van der Waals surface area contributed by atoms with Crippen LogP contribution in [-0.2, 0) is 14.3 Å². The van der Waals surface area contributed by atoms with Gasteiger partial charge in [-0.05, 0) is 60.1 Å². The Labute approximate surface area is 263 Å². The summed E-state index contributed by atoms with van der Waals surface area (Å²) in [6.07, 6.45) is -2.04. The fraction of sp³-hybridized carbons (Fsp3) is 0.500. The molecule has 4 N–H and O–H groups in total. The first-order chi connectivity index (χ1) is 21.3. The van der Waals surface area contributed by atoms with Crippen LogP contribution in [0.25, 0.3) is 6.08 Å². The number of hydrogen-bond donors (Lipinski definition) is 4. The van der Waals surface area contributed by atoms with Gasteiger partial charge < -0.3 is 34.7 Å². The molecule has 2 aromatic rings. The van der Waals surface area contributed by atoms with E-state index in [0.29, 0.717) is 11.9 Å². The molecule has 1 fully saturated rings. The second-order valence-electron chi connectivity index (χ2n) is 12.9. The summed E-state index contributed by atoms with van der Waals surface area (Å²) < 4.78 is 58.4. The number of rotatable bonds is 6. The number of carbonyl (C=O) groups excluding carboxylic acids is 4. The predicted octanol–water partition coefficient (Wildman–Crippen LogP) is 5.56. The number of ether oxygens (including phenoxy) is 2. The molecule has 4 rings (SSSR count). The molecule has 2 atom stereocenters. The maximum Gasteiger partial charge on any atom is 0.414 e. The van der Waals surface area contributed by atoms with E-state index in [1.54, 1.807) is 41.5 Å². The molecule has 0 aromatic carbocycles. The van der Waals surface area contributed by atoms with E-state index in [-0.39, 0.29) is 53.8 Å². The van der Waals surface area contributed by atoms with Crippen LogP contribution in [0.15, 0.2) is 28.5 Å².